The predicted molar refractivity (Wildman–Crippen MR) is 124 cm³/mol. The summed E-state index contributed by atoms with van der Waals surface area (Å²) in [6.07, 6.45) is 5.70. The standard InChI is InChI=1S/C27H28N2O/c1-3-29(4-2)27(30)19-15-16-25-24(17-19)21-12-8-14-23(21)26(28-25)22-13-7-10-18-9-5-6-11-20(18)22/h5-13,15-17,21,23,26,28H,3-4,14H2,1-2H3. The number of rotatable bonds is 4. The number of hydrogen-bond acceptors (Lipinski definition) is 2. The van der Waals surface area contributed by atoms with Crippen LogP contribution in [0.15, 0.2) is 72.8 Å². The van der Waals surface area contributed by atoms with E-state index in [1.54, 1.807) is 0 Å². The van der Waals surface area contributed by atoms with Gasteiger partial charge in [0, 0.05) is 30.3 Å². The summed E-state index contributed by atoms with van der Waals surface area (Å²) < 4.78 is 0. The van der Waals surface area contributed by atoms with Crippen LogP contribution in [0.5, 0.6) is 0 Å². The van der Waals surface area contributed by atoms with Crippen molar-refractivity contribution in [1.82, 2.24) is 4.90 Å². The molecule has 1 aliphatic carbocycles. The maximum Gasteiger partial charge on any atom is 0.253 e. The summed E-state index contributed by atoms with van der Waals surface area (Å²) >= 11 is 0. The molecule has 0 radical (unpaired) electrons. The molecule has 3 heteroatoms. The molecule has 30 heavy (non-hydrogen) atoms. The number of nitrogens with one attached hydrogen (secondary N) is 1. The quantitative estimate of drug-likeness (QED) is 0.537. The van der Waals surface area contributed by atoms with Crippen molar-refractivity contribution in [2.24, 2.45) is 5.92 Å². The van der Waals surface area contributed by atoms with E-state index in [4.69, 9.17) is 0 Å². The van der Waals surface area contributed by atoms with Crippen molar-refractivity contribution in [1.29, 1.82) is 0 Å². The zero-order valence-electron chi connectivity index (χ0n) is 17.6. The van der Waals surface area contributed by atoms with Crippen molar-refractivity contribution in [3.05, 3.63) is 89.5 Å². The summed E-state index contributed by atoms with van der Waals surface area (Å²) in [6, 6.07) is 21.7. The van der Waals surface area contributed by atoms with Gasteiger partial charge in [-0.2, -0.15) is 0 Å². The number of benzene rings is 3. The highest BCUT2D eigenvalue weighted by atomic mass is 16.2. The maximum absolute atomic E-state index is 12.9. The van der Waals surface area contributed by atoms with E-state index in [-0.39, 0.29) is 11.9 Å². The fourth-order valence-electron chi connectivity index (χ4n) is 5.25. The van der Waals surface area contributed by atoms with Crippen LogP contribution in [-0.2, 0) is 0 Å². The molecule has 0 fully saturated rings. The number of carbonyl (C=O) groups excluding carboxylic acids is 1. The van der Waals surface area contributed by atoms with Gasteiger partial charge in [-0.1, -0.05) is 54.6 Å². The molecule has 2 aliphatic rings. The lowest BCUT2D eigenvalue weighted by Crippen LogP contribution is -2.32. The number of allylic oxidation sites excluding steroid dienone is 2. The summed E-state index contributed by atoms with van der Waals surface area (Å²) in [6.45, 7) is 5.54. The Labute approximate surface area is 178 Å². The van der Waals surface area contributed by atoms with Gasteiger partial charge < -0.3 is 10.2 Å². The molecule has 3 unspecified atom stereocenters. The lowest BCUT2D eigenvalue weighted by molar-refractivity contribution is 0.0773. The van der Waals surface area contributed by atoms with Gasteiger partial charge in [0.15, 0.2) is 0 Å². The number of nitrogens with zero attached hydrogens (tertiary/aromatic N) is 1. The van der Waals surface area contributed by atoms with Gasteiger partial charge in [-0.15, -0.1) is 0 Å². The van der Waals surface area contributed by atoms with E-state index in [1.807, 2.05) is 24.8 Å². The minimum absolute atomic E-state index is 0.123. The van der Waals surface area contributed by atoms with Crippen molar-refractivity contribution in [2.75, 3.05) is 18.4 Å². The molecule has 152 valence electrons. The van der Waals surface area contributed by atoms with E-state index in [0.29, 0.717) is 11.8 Å². The molecule has 0 bridgehead atoms. The van der Waals surface area contributed by atoms with Crippen LogP contribution in [0.3, 0.4) is 0 Å². The van der Waals surface area contributed by atoms with Gasteiger partial charge in [-0.05, 0) is 66.3 Å². The lowest BCUT2D eigenvalue weighted by atomic mass is 9.76. The Bertz CT molecular complexity index is 1120. The summed E-state index contributed by atoms with van der Waals surface area (Å²) in [5.74, 6) is 0.925. The summed E-state index contributed by atoms with van der Waals surface area (Å²) in [4.78, 5) is 14.8. The molecule has 1 amide bonds. The Balaban J connectivity index is 1.56. The highest BCUT2D eigenvalue weighted by Gasteiger charge is 2.38. The normalized spacial score (nSPS) is 21.7. The van der Waals surface area contributed by atoms with Crippen molar-refractivity contribution >= 4 is 22.4 Å². The van der Waals surface area contributed by atoms with Gasteiger partial charge >= 0.3 is 0 Å². The van der Waals surface area contributed by atoms with Gasteiger partial charge in [-0.25, -0.2) is 0 Å². The second-order valence-electron chi connectivity index (χ2n) is 8.32. The number of carbonyl (C=O) groups is 1. The maximum atomic E-state index is 12.9. The first-order valence-electron chi connectivity index (χ1n) is 11.0. The van der Waals surface area contributed by atoms with Gasteiger partial charge in [0.2, 0.25) is 0 Å². The molecular formula is C27H28N2O. The van der Waals surface area contributed by atoms with Crippen LogP contribution >= 0.6 is 0 Å². The van der Waals surface area contributed by atoms with E-state index in [0.717, 1.165) is 30.8 Å². The van der Waals surface area contributed by atoms with Crippen LogP contribution in [0.2, 0.25) is 0 Å². The third kappa shape index (κ3) is 3.00. The number of amides is 1. The van der Waals surface area contributed by atoms with Gasteiger partial charge in [-0.3, -0.25) is 4.79 Å². The minimum atomic E-state index is 0.123. The minimum Gasteiger partial charge on any atom is -0.378 e. The molecule has 0 aromatic heterocycles. The van der Waals surface area contributed by atoms with Gasteiger partial charge in [0.1, 0.15) is 0 Å². The van der Waals surface area contributed by atoms with Crippen LogP contribution in [0, 0.1) is 5.92 Å². The Morgan fingerprint density at radius 2 is 1.80 bits per heavy atom. The predicted octanol–water partition coefficient (Wildman–Crippen LogP) is 6.15. The second-order valence-corrected chi connectivity index (χ2v) is 8.32. The van der Waals surface area contributed by atoms with E-state index >= 15 is 0 Å². The molecule has 0 saturated carbocycles. The fraction of sp³-hybridized carbons (Fsp3) is 0.296. The van der Waals surface area contributed by atoms with Crippen LogP contribution in [0.4, 0.5) is 5.69 Å². The average Bonchev–Trinajstić information content (AvgIpc) is 3.29. The zero-order valence-corrected chi connectivity index (χ0v) is 17.6. The summed E-state index contributed by atoms with van der Waals surface area (Å²) in [5, 5.41) is 6.44. The molecule has 1 aliphatic heterocycles. The van der Waals surface area contributed by atoms with Crippen molar-refractivity contribution in [3.63, 3.8) is 0 Å². The number of fused-ring (bicyclic) bond motifs is 4. The topological polar surface area (TPSA) is 32.3 Å². The molecule has 5 rings (SSSR count). The molecule has 3 aromatic rings. The highest BCUT2D eigenvalue weighted by Crippen LogP contribution is 2.50. The first-order valence-corrected chi connectivity index (χ1v) is 11.0. The Kier molecular flexibility index (Phi) is 4.82. The Hall–Kier alpha value is -3.07. The van der Waals surface area contributed by atoms with Crippen LogP contribution in [-0.4, -0.2) is 23.9 Å². The smallest absolute Gasteiger partial charge is 0.253 e. The Morgan fingerprint density at radius 3 is 2.63 bits per heavy atom. The molecular weight excluding hydrogens is 368 g/mol. The Morgan fingerprint density at radius 1 is 1.00 bits per heavy atom. The molecule has 1 N–H and O–H groups in total. The molecule has 0 spiro atoms. The zero-order chi connectivity index (χ0) is 20.7. The van der Waals surface area contributed by atoms with Gasteiger partial charge in [0.05, 0.1) is 6.04 Å². The average molecular weight is 397 g/mol. The van der Waals surface area contributed by atoms with Crippen molar-refractivity contribution < 1.29 is 4.79 Å². The van der Waals surface area contributed by atoms with E-state index in [2.05, 4.69) is 72.1 Å². The molecule has 3 aromatic carbocycles. The number of hydrogen-bond donors (Lipinski definition) is 1. The third-order valence-electron chi connectivity index (χ3n) is 6.82. The van der Waals surface area contributed by atoms with Crippen LogP contribution < -0.4 is 5.32 Å². The SMILES string of the molecule is CCN(CC)C(=O)c1ccc2c(c1)C1C=CCC1C(c1cccc3ccccc13)N2. The largest absolute Gasteiger partial charge is 0.378 e. The highest BCUT2D eigenvalue weighted by molar-refractivity contribution is 5.95. The first-order chi connectivity index (χ1) is 14.7. The van der Waals surface area contributed by atoms with E-state index < -0.39 is 0 Å². The molecule has 1 heterocycles. The molecule has 3 nitrogen and oxygen atoms in total. The van der Waals surface area contributed by atoms with Crippen LogP contribution in [0.25, 0.3) is 10.8 Å². The summed E-state index contributed by atoms with van der Waals surface area (Å²) in [5.41, 5.74) is 4.56. The molecule has 0 saturated heterocycles. The van der Waals surface area contributed by atoms with Crippen molar-refractivity contribution in [2.45, 2.75) is 32.2 Å². The fourth-order valence-corrected chi connectivity index (χ4v) is 5.25. The monoisotopic (exact) mass is 396 g/mol. The second kappa shape index (κ2) is 7.64. The summed E-state index contributed by atoms with van der Waals surface area (Å²) in [7, 11) is 0. The van der Waals surface area contributed by atoms with E-state index in [1.165, 1.54) is 21.9 Å². The lowest BCUT2D eigenvalue weighted by Gasteiger charge is -2.38. The number of anilines is 1. The third-order valence-corrected chi connectivity index (χ3v) is 6.82. The van der Waals surface area contributed by atoms with E-state index in [9.17, 15) is 4.79 Å². The van der Waals surface area contributed by atoms with Crippen LogP contribution in [0.1, 0.15) is 53.7 Å². The molecule has 3 atom stereocenters. The van der Waals surface area contributed by atoms with Crippen molar-refractivity contribution in [3.8, 4) is 0 Å². The first kappa shape index (κ1) is 18.9. The van der Waals surface area contributed by atoms with Gasteiger partial charge in [0.25, 0.3) is 5.91 Å².